The van der Waals surface area contributed by atoms with Crippen LogP contribution in [0.5, 0.6) is 17.2 Å². The number of carbonyl (C=O) groups is 1. The number of thiazole rings is 1. The molecule has 2 aromatic carbocycles. The van der Waals surface area contributed by atoms with Crippen molar-refractivity contribution in [3.63, 3.8) is 0 Å². The van der Waals surface area contributed by atoms with E-state index in [4.69, 9.17) is 19.9 Å². The predicted molar refractivity (Wildman–Crippen MR) is 106 cm³/mol. The Morgan fingerprint density at radius 2 is 1.78 bits per heavy atom. The number of hydrogen-bond donors (Lipinski definition) is 2. The molecule has 1 aromatic heterocycles. The summed E-state index contributed by atoms with van der Waals surface area (Å²) in [5.41, 5.74) is 8.14. The second kappa shape index (κ2) is 7.96. The Morgan fingerprint density at radius 1 is 1.07 bits per heavy atom. The lowest BCUT2D eigenvalue weighted by Gasteiger charge is -2.14. The van der Waals surface area contributed by atoms with Crippen LogP contribution in [-0.2, 0) is 0 Å². The zero-order chi connectivity index (χ0) is 19.4. The van der Waals surface area contributed by atoms with Gasteiger partial charge in [0, 0.05) is 34.5 Å². The quantitative estimate of drug-likeness (QED) is 0.629. The fraction of sp³-hybridized carbons (Fsp3) is 0.158. The van der Waals surface area contributed by atoms with E-state index in [1.807, 2.05) is 18.2 Å². The fourth-order valence-corrected chi connectivity index (χ4v) is 3.33. The summed E-state index contributed by atoms with van der Waals surface area (Å²) < 4.78 is 15.9. The number of amides is 1. The molecule has 0 aliphatic heterocycles. The highest BCUT2D eigenvalue weighted by Crippen LogP contribution is 2.40. The normalized spacial score (nSPS) is 10.3. The molecular weight excluding hydrogens is 366 g/mol. The van der Waals surface area contributed by atoms with E-state index < -0.39 is 0 Å². The molecule has 0 spiro atoms. The van der Waals surface area contributed by atoms with Crippen molar-refractivity contribution in [3.8, 4) is 27.8 Å². The minimum absolute atomic E-state index is 0.311. The summed E-state index contributed by atoms with van der Waals surface area (Å²) in [6, 6.07) is 10.7. The molecule has 0 fully saturated rings. The van der Waals surface area contributed by atoms with Crippen molar-refractivity contribution >= 4 is 28.6 Å². The summed E-state index contributed by atoms with van der Waals surface area (Å²) in [5, 5.41) is 5.22. The number of aromatic nitrogens is 1. The molecule has 1 amide bonds. The van der Waals surface area contributed by atoms with Gasteiger partial charge in [0.25, 0.3) is 5.91 Å². The van der Waals surface area contributed by atoms with Gasteiger partial charge in [0.05, 0.1) is 21.3 Å². The van der Waals surface area contributed by atoms with Gasteiger partial charge in [-0.25, -0.2) is 4.98 Å². The molecule has 0 atom stereocenters. The highest BCUT2D eigenvalue weighted by atomic mass is 32.1. The molecule has 8 heteroatoms. The topological polar surface area (TPSA) is 95.7 Å². The van der Waals surface area contributed by atoms with Gasteiger partial charge >= 0.3 is 0 Å². The highest BCUT2D eigenvalue weighted by molar-refractivity contribution is 7.13. The number of benzene rings is 2. The van der Waals surface area contributed by atoms with E-state index >= 15 is 0 Å². The van der Waals surface area contributed by atoms with E-state index in [-0.39, 0.29) is 5.91 Å². The summed E-state index contributed by atoms with van der Waals surface area (Å²) in [6.07, 6.45) is 0. The molecule has 0 saturated heterocycles. The highest BCUT2D eigenvalue weighted by Gasteiger charge is 2.17. The van der Waals surface area contributed by atoms with Crippen LogP contribution < -0.4 is 25.3 Å². The Kier molecular flexibility index (Phi) is 5.46. The largest absolute Gasteiger partial charge is 0.493 e. The van der Waals surface area contributed by atoms with Crippen LogP contribution in [-0.4, -0.2) is 32.2 Å². The molecule has 140 valence electrons. The lowest BCUT2D eigenvalue weighted by atomic mass is 10.2. The van der Waals surface area contributed by atoms with E-state index in [2.05, 4.69) is 10.3 Å². The molecule has 7 nitrogen and oxygen atoms in total. The van der Waals surface area contributed by atoms with Crippen LogP contribution in [0.2, 0.25) is 0 Å². The predicted octanol–water partition coefficient (Wildman–Crippen LogP) is 3.67. The molecule has 0 bridgehead atoms. The standard InChI is InChI=1S/C19H19N3O4S/c1-24-15-8-13(9-16(25-2)17(15)26-3)21-18(23)14-10-27-19(22-14)11-5-4-6-12(20)7-11/h4-10H,20H2,1-3H3,(H,21,23). The van der Waals surface area contributed by atoms with Crippen molar-refractivity contribution in [2.75, 3.05) is 32.4 Å². The molecule has 3 aromatic rings. The van der Waals surface area contributed by atoms with E-state index in [0.29, 0.717) is 34.3 Å². The summed E-state index contributed by atoms with van der Waals surface area (Å²) in [6.45, 7) is 0. The maximum Gasteiger partial charge on any atom is 0.275 e. The second-order valence-corrected chi connectivity index (χ2v) is 6.39. The van der Waals surface area contributed by atoms with Crippen LogP contribution in [0.25, 0.3) is 10.6 Å². The smallest absolute Gasteiger partial charge is 0.275 e. The first-order chi connectivity index (χ1) is 13.0. The van der Waals surface area contributed by atoms with Crippen LogP contribution in [0.1, 0.15) is 10.5 Å². The first-order valence-electron chi connectivity index (χ1n) is 7.98. The minimum Gasteiger partial charge on any atom is -0.493 e. The number of carbonyl (C=O) groups excluding carboxylic acids is 1. The monoisotopic (exact) mass is 385 g/mol. The number of nitrogens with zero attached hydrogens (tertiary/aromatic N) is 1. The third-order valence-electron chi connectivity index (χ3n) is 3.79. The third kappa shape index (κ3) is 3.95. The molecule has 0 unspecified atom stereocenters. The SMILES string of the molecule is COc1cc(NC(=O)c2csc(-c3cccc(N)c3)n2)cc(OC)c1OC. The molecule has 0 aliphatic rings. The van der Waals surface area contributed by atoms with Crippen molar-refractivity contribution in [2.45, 2.75) is 0 Å². The van der Waals surface area contributed by atoms with E-state index in [1.165, 1.54) is 32.7 Å². The van der Waals surface area contributed by atoms with Gasteiger partial charge in [-0.1, -0.05) is 12.1 Å². The van der Waals surface area contributed by atoms with Gasteiger partial charge < -0.3 is 25.3 Å². The lowest BCUT2D eigenvalue weighted by molar-refractivity contribution is 0.102. The molecule has 27 heavy (non-hydrogen) atoms. The maximum atomic E-state index is 12.6. The number of nitrogens with one attached hydrogen (secondary N) is 1. The van der Waals surface area contributed by atoms with Crippen LogP contribution >= 0.6 is 11.3 Å². The van der Waals surface area contributed by atoms with Gasteiger partial charge in [0.1, 0.15) is 10.7 Å². The number of anilines is 2. The Morgan fingerprint density at radius 3 is 2.37 bits per heavy atom. The Hall–Kier alpha value is -3.26. The van der Waals surface area contributed by atoms with Gasteiger partial charge in [-0.2, -0.15) is 0 Å². The molecule has 0 aliphatic carbocycles. The van der Waals surface area contributed by atoms with Crippen molar-refractivity contribution in [3.05, 3.63) is 47.5 Å². The van der Waals surface area contributed by atoms with Gasteiger partial charge in [-0.3, -0.25) is 4.79 Å². The molecule has 3 N–H and O–H groups in total. The lowest BCUT2D eigenvalue weighted by Crippen LogP contribution is -2.12. The van der Waals surface area contributed by atoms with E-state index in [9.17, 15) is 4.79 Å². The van der Waals surface area contributed by atoms with Gasteiger partial charge in [0.2, 0.25) is 5.75 Å². The second-order valence-electron chi connectivity index (χ2n) is 5.53. The molecule has 3 rings (SSSR count). The van der Waals surface area contributed by atoms with Gasteiger partial charge in [-0.05, 0) is 12.1 Å². The number of nitrogens with two attached hydrogens (primary N) is 1. The molecule has 1 heterocycles. The number of rotatable bonds is 6. The Bertz CT molecular complexity index is 946. The van der Waals surface area contributed by atoms with Crippen molar-refractivity contribution in [2.24, 2.45) is 0 Å². The van der Waals surface area contributed by atoms with Crippen molar-refractivity contribution in [1.82, 2.24) is 4.98 Å². The zero-order valence-electron chi connectivity index (χ0n) is 15.1. The van der Waals surface area contributed by atoms with Crippen molar-refractivity contribution in [1.29, 1.82) is 0 Å². The molecular formula is C19H19N3O4S. The third-order valence-corrected chi connectivity index (χ3v) is 4.68. The Labute approximate surface area is 160 Å². The first kappa shape index (κ1) is 18.5. The average Bonchev–Trinajstić information content (AvgIpc) is 3.17. The van der Waals surface area contributed by atoms with Crippen molar-refractivity contribution < 1.29 is 19.0 Å². The average molecular weight is 385 g/mol. The van der Waals surface area contributed by atoms with Crippen LogP contribution in [0, 0.1) is 0 Å². The van der Waals surface area contributed by atoms with Gasteiger partial charge in [0.15, 0.2) is 11.5 Å². The number of nitrogen functional groups attached to an aromatic ring is 1. The van der Waals surface area contributed by atoms with Crippen LogP contribution in [0.15, 0.2) is 41.8 Å². The maximum absolute atomic E-state index is 12.6. The molecule has 0 radical (unpaired) electrons. The minimum atomic E-state index is -0.337. The van der Waals surface area contributed by atoms with Crippen LogP contribution in [0.3, 0.4) is 0 Å². The summed E-state index contributed by atoms with van der Waals surface area (Å²) >= 11 is 1.37. The number of ether oxygens (including phenoxy) is 3. The fourth-order valence-electron chi connectivity index (χ4n) is 2.53. The van der Waals surface area contributed by atoms with Crippen LogP contribution in [0.4, 0.5) is 11.4 Å². The van der Waals surface area contributed by atoms with E-state index in [1.54, 1.807) is 23.6 Å². The summed E-state index contributed by atoms with van der Waals surface area (Å²) in [4.78, 5) is 17.0. The van der Waals surface area contributed by atoms with E-state index in [0.717, 1.165) is 10.6 Å². The zero-order valence-corrected chi connectivity index (χ0v) is 15.9. The molecule has 0 saturated carbocycles. The summed E-state index contributed by atoms with van der Waals surface area (Å²) in [7, 11) is 4.55. The number of hydrogen-bond acceptors (Lipinski definition) is 7. The summed E-state index contributed by atoms with van der Waals surface area (Å²) in [5.74, 6) is 1.02. The van der Waals surface area contributed by atoms with Gasteiger partial charge in [-0.15, -0.1) is 11.3 Å². The first-order valence-corrected chi connectivity index (χ1v) is 8.86. The number of methoxy groups -OCH3 is 3. The Balaban J connectivity index is 1.84.